The highest BCUT2D eigenvalue weighted by atomic mass is 79.9. The van der Waals surface area contributed by atoms with Gasteiger partial charge in [-0.3, -0.25) is 0 Å². The molecule has 1 heterocycles. The van der Waals surface area contributed by atoms with Gasteiger partial charge in [0.2, 0.25) is 0 Å². The van der Waals surface area contributed by atoms with Crippen molar-refractivity contribution < 1.29 is 9.15 Å². The molecule has 0 saturated heterocycles. The summed E-state index contributed by atoms with van der Waals surface area (Å²) < 4.78 is 12.1. The first-order chi connectivity index (χ1) is 8.60. The van der Waals surface area contributed by atoms with E-state index in [1.165, 1.54) is 0 Å². The Balaban J connectivity index is 2.10. The molecule has 0 radical (unpaired) electrons. The number of fused-ring (bicyclic) bond motifs is 1. The zero-order valence-corrected chi connectivity index (χ0v) is 12.5. The molecule has 2 rings (SSSR count). The van der Waals surface area contributed by atoms with Crippen LogP contribution in [0.5, 0.6) is 0 Å². The average molecular weight is 312 g/mol. The second-order valence-electron chi connectivity index (χ2n) is 4.51. The minimum absolute atomic E-state index is 0.175. The minimum atomic E-state index is 0.175. The Morgan fingerprint density at radius 2 is 2.11 bits per heavy atom. The number of nitrogens with one attached hydrogen (secondary N) is 1. The Morgan fingerprint density at radius 3 is 2.83 bits per heavy atom. The number of hydrogen-bond donors (Lipinski definition) is 1. The van der Waals surface area contributed by atoms with Gasteiger partial charge in [-0.25, -0.2) is 0 Å². The molecule has 3 nitrogen and oxygen atoms in total. The Hall–Kier alpha value is -0.840. The van der Waals surface area contributed by atoms with Gasteiger partial charge in [0.25, 0.3) is 0 Å². The lowest BCUT2D eigenvalue weighted by Crippen LogP contribution is -2.28. The quantitative estimate of drug-likeness (QED) is 0.910. The topological polar surface area (TPSA) is 34.4 Å². The maximum atomic E-state index is 5.83. The third kappa shape index (κ3) is 3.13. The molecule has 0 aliphatic rings. The number of halogens is 1. The predicted molar refractivity (Wildman–Crippen MR) is 76.8 cm³/mol. The fraction of sp³-hybridized carbons (Fsp3) is 0.429. The molecule has 0 bridgehead atoms. The molecule has 2 aromatic rings. The Labute approximate surface area is 116 Å². The van der Waals surface area contributed by atoms with E-state index >= 15 is 0 Å². The molecule has 1 aromatic heterocycles. The molecule has 4 heteroatoms. The lowest BCUT2D eigenvalue weighted by molar-refractivity contribution is 0.114. The summed E-state index contributed by atoms with van der Waals surface area (Å²) in [5.74, 6) is 0.950. The molecule has 0 aliphatic heterocycles. The van der Waals surface area contributed by atoms with E-state index in [1.54, 1.807) is 7.11 Å². The van der Waals surface area contributed by atoms with E-state index < -0.39 is 0 Å². The first kappa shape index (κ1) is 13.6. The van der Waals surface area contributed by atoms with E-state index in [2.05, 4.69) is 40.3 Å². The number of rotatable bonds is 5. The molecular formula is C14H18BrNO2. The predicted octanol–water partition coefficient (Wildman–Crippen LogP) is 3.88. The molecular weight excluding hydrogens is 294 g/mol. The smallest absolute Gasteiger partial charge is 0.134 e. The van der Waals surface area contributed by atoms with Gasteiger partial charge in [-0.15, -0.1) is 0 Å². The van der Waals surface area contributed by atoms with E-state index in [0.29, 0.717) is 0 Å². The number of hydrogen-bond acceptors (Lipinski definition) is 3. The molecule has 0 fully saturated rings. The van der Waals surface area contributed by atoms with Crippen LogP contribution in [0.1, 0.15) is 25.6 Å². The van der Waals surface area contributed by atoms with Crippen LogP contribution in [0.4, 0.5) is 0 Å². The Morgan fingerprint density at radius 1 is 1.33 bits per heavy atom. The SMILES string of the molecule is COC(C)CNC(C)c1cc2cc(Br)ccc2o1. The summed E-state index contributed by atoms with van der Waals surface area (Å²) in [4.78, 5) is 0. The van der Waals surface area contributed by atoms with Crippen LogP contribution in [0.25, 0.3) is 11.0 Å². The molecule has 2 atom stereocenters. The number of ether oxygens (including phenoxy) is 1. The van der Waals surface area contributed by atoms with Gasteiger partial charge in [-0.05, 0) is 38.1 Å². The fourth-order valence-corrected chi connectivity index (χ4v) is 2.15. The van der Waals surface area contributed by atoms with E-state index in [4.69, 9.17) is 9.15 Å². The summed E-state index contributed by atoms with van der Waals surface area (Å²) in [5, 5.41) is 4.51. The number of benzene rings is 1. The van der Waals surface area contributed by atoms with Gasteiger partial charge in [-0.2, -0.15) is 0 Å². The van der Waals surface area contributed by atoms with E-state index in [0.717, 1.165) is 27.7 Å². The third-order valence-electron chi connectivity index (χ3n) is 3.04. The van der Waals surface area contributed by atoms with Crippen molar-refractivity contribution >= 4 is 26.9 Å². The second-order valence-corrected chi connectivity index (χ2v) is 5.42. The van der Waals surface area contributed by atoms with Gasteiger partial charge in [0.1, 0.15) is 11.3 Å². The zero-order valence-electron chi connectivity index (χ0n) is 10.9. The van der Waals surface area contributed by atoms with Crippen molar-refractivity contribution in [1.82, 2.24) is 5.32 Å². The Kier molecular flexibility index (Phi) is 4.43. The second kappa shape index (κ2) is 5.87. The monoisotopic (exact) mass is 311 g/mol. The normalized spacial score (nSPS) is 14.9. The molecule has 18 heavy (non-hydrogen) atoms. The lowest BCUT2D eigenvalue weighted by atomic mass is 10.2. The molecule has 1 aromatic carbocycles. The van der Waals surface area contributed by atoms with Crippen LogP contribution in [0.2, 0.25) is 0 Å². The van der Waals surface area contributed by atoms with Gasteiger partial charge in [0, 0.05) is 23.5 Å². The van der Waals surface area contributed by atoms with Crippen LogP contribution in [-0.2, 0) is 4.74 Å². The fourth-order valence-electron chi connectivity index (χ4n) is 1.77. The van der Waals surface area contributed by atoms with Gasteiger partial charge >= 0.3 is 0 Å². The van der Waals surface area contributed by atoms with E-state index in [1.807, 2.05) is 19.1 Å². The zero-order chi connectivity index (χ0) is 13.1. The standard InChI is InChI=1S/C14H18BrNO2/c1-9(17-3)8-16-10(2)14-7-11-6-12(15)4-5-13(11)18-14/h4-7,9-10,16H,8H2,1-3H3. The van der Waals surface area contributed by atoms with Crippen LogP contribution in [-0.4, -0.2) is 19.8 Å². The van der Waals surface area contributed by atoms with Gasteiger partial charge < -0.3 is 14.5 Å². The number of methoxy groups -OCH3 is 1. The summed E-state index contributed by atoms with van der Waals surface area (Å²) in [6.45, 7) is 4.93. The molecule has 0 amide bonds. The molecule has 1 N–H and O–H groups in total. The van der Waals surface area contributed by atoms with Crippen molar-refractivity contribution in [2.75, 3.05) is 13.7 Å². The summed E-state index contributed by atoms with van der Waals surface area (Å²) in [7, 11) is 1.72. The molecule has 2 unspecified atom stereocenters. The van der Waals surface area contributed by atoms with Crippen LogP contribution in [0, 0.1) is 0 Å². The lowest BCUT2D eigenvalue weighted by Gasteiger charge is -2.14. The molecule has 0 aliphatic carbocycles. The third-order valence-corrected chi connectivity index (χ3v) is 3.53. The summed E-state index contributed by atoms with van der Waals surface area (Å²) in [6.07, 6.45) is 0.200. The van der Waals surface area contributed by atoms with Crippen LogP contribution in [0.3, 0.4) is 0 Å². The van der Waals surface area contributed by atoms with Crippen molar-refractivity contribution in [2.24, 2.45) is 0 Å². The van der Waals surface area contributed by atoms with Gasteiger partial charge in [-0.1, -0.05) is 15.9 Å². The number of furan rings is 1. The minimum Gasteiger partial charge on any atom is -0.459 e. The largest absolute Gasteiger partial charge is 0.459 e. The van der Waals surface area contributed by atoms with E-state index in [9.17, 15) is 0 Å². The summed E-state index contributed by atoms with van der Waals surface area (Å²) >= 11 is 3.46. The summed E-state index contributed by atoms with van der Waals surface area (Å²) in [5.41, 5.74) is 0.918. The van der Waals surface area contributed by atoms with Crippen molar-refractivity contribution in [3.8, 4) is 0 Å². The van der Waals surface area contributed by atoms with Crippen molar-refractivity contribution in [3.63, 3.8) is 0 Å². The van der Waals surface area contributed by atoms with Crippen LogP contribution >= 0.6 is 15.9 Å². The van der Waals surface area contributed by atoms with Crippen LogP contribution in [0.15, 0.2) is 33.2 Å². The highest BCUT2D eigenvalue weighted by Crippen LogP contribution is 2.26. The van der Waals surface area contributed by atoms with Crippen molar-refractivity contribution in [3.05, 3.63) is 34.5 Å². The van der Waals surface area contributed by atoms with Gasteiger partial charge in [0.05, 0.1) is 12.1 Å². The molecule has 0 spiro atoms. The van der Waals surface area contributed by atoms with E-state index in [-0.39, 0.29) is 12.1 Å². The molecule has 0 saturated carbocycles. The van der Waals surface area contributed by atoms with Crippen molar-refractivity contribution in [1.29, 1.82) is 0 Å². The van der Waals surface area contributed by atoms with Crippen LogP contribution < -0.4 is 5.32 Å². The maximum Gasteiger partial charge on any atom is 0.134 e. The summed E-state index contributed by atoms with van der Waals surface area (Å²) in [6, 6.07) is 8.28. The highest BCUT2D eigenvalue weighted by Gasteiger charge is 2.12. The van der Waals surface area contributed by atoms with Gasteiger partial charge in [0.15, 0.2) is 0 Å². The first-order valence-corrected chi connectivity index (χ1v) is 6.84. The Bertz CT molecular complexity index is 523. The first-order valence-electron chi connectivity index (χ1n) is 6.05. The highest BCUT2D eigenvalue weighted by molar-refractivity contribution is 9.10. The molecule has 98 valence electrons. The maximum absolute atomic E-state index is 5.83. The van der Waals surface area contributed by atoms with Crippen molar-refractivity contribution in [2.45, 2.75) is 26.0 Å². The average Bonchev–Trinajstić information content (AvgIpc) is 2.78.